The third kappa shape index (κ3) is 5.29. The van der Waals surface area contributed by atoms with Crippen LogP contribution in [0.4, 0.5) is 0 Å². The molecule has 1 nitrogen and oxygen atoms in total. The van der Waals surface area contributed by atoms with Gasteiger partial charge in [-0.2, -0.15) is 0 Å². The van der Waals surface area contributed by atoms with Gasteiger partial charge in [-0.3, -0.25) is 0 Å². The topological polar surface area (TPSA) is 17.1 Å². The zero-order chi connectivity index (χ0) is 7.82. The van der Waals surface area contributed by atoms with E-state index in [-0.39, 0.29) is 0 Å². The molecule has 1 heteroatoms. The monoisotopic (exact) mass is 138 g/mol. The van der Waals surface area contributed by atoms with Gasteiger partial charge < -0.3 is 4.79 Å². The van der Waals surface area contributed by atoms with Crippen molar-refractivity contribution in [3.63, 3.8) is 0 Å². The Bertz CT molecular complexity index is 143. The van der Waals surface area contributed by atoms with Gasteiger partial charge in [-0.05, 0) is 13.3 Å². The Morgan fingerprint density at radius 2 is 2.20 bits per heavy atom. The van der Waals surface area contributed by atoms with Gasteiger partial charge in [0.25, 0.3) is 0 Å². The third-order valence-corrected chi connectivity index (χ3v) is 1.31. The number of hydrogen-bond donors (Lipinski definition) is 0. The summed E-state index contributed by atoms with van der Waals surface area (Å²) < 4.78 is 0. The number of allylic oxidation sites excluding steroid dienone is 4. The summed E-state index contributed by atoms with van der Waals surface area (Å²) in [4.78, 5) is 9.85. The van der Waals surface area contributed by atoms with Gasteiger partial charge in [-0.15, -0.1) is 0 Å². The zero-order valence-corrected chi connectivity index (χ0v) is 6.63. The van der Waals surface area contributed by atoms with Gasteiger partial charge in [0.2, 0.25) is 0 Å². The van der Waals surface area contributed by atoms with E-state index in [0.717, 1.165) is 12.7 Å². The smallest absolute Gasteiger partial charge is 0.123 e. The van der Waals surface area contributed by atoms with E-state index >= 15 is 0 Å². The molecule has 0 spiro atoms. The normalized spacial score (nSPS) is 12.4. The highest BCUT2D eigenvalue weighted by molar-refractivity contribution is 5.52. The van der Waals surface area contributed by atoms with Gasteiger partial charge in [0.1, 0.15) is 6.29 Å². The van der Waals surface area contributed by atoms with Crippen LogP contribution in [0.2, 0.25) is 0 Å². The summed E-state index contributed by atoms with van der Waals surface area (Å²) in [6.07, 6.45) is 8.30. The van der Waals surface area contributed by atoms with Crippen molar-refractivity contribution in [2.45, 2.75) is 26.7 Å². The summed E-state index contributed by atoms with van der Waals surface area (Å²) in [5.41, 5.74) is 1.34. The standard InChI is InChI=1S/C9H14O/c1-3-9(2)7-5-4-6-8-10/h4-5,7-8H,3,6H2,1-2H3/b5-4+,9-7-. The molecule has 0 aromatic rings. The van der Waals surface area contributed by atoms with Crippen molar-refractivity contribution < 1.29 is 4.79 Å². The van der Waals surface area contributed by atoms with Crippen LogP contribution in [0, 0.1) is 0 Å². The predicted octanol–water partition coefficient (Wildman–Crippen LogP) is 2.49. The van der Waals surface area contributed by atoms with Crippen LogP contribution < -0.4 is 0 Å². The summed E-state index contributed by atoms with van der Waals surface area (Å²) in [5.74, 6) is 0. The van der Waals surface area contributed by atoms with Crippen molar-refractivity contribution in [2.75, 3.05) is 0 Å². The van der Waals surface area contributed by atoms with Gasteiger partial charge in [-0.1, -0.05) is 30.7 Å². The minimum atomic E-state index is 0.521. The lowest BCUT2D eigenvalue weighted by Gasteiger charge is -1.87. The fraction of sp³-hybridized carbons (Fsp3) is 0.444. The van der Waals surface area contributed by atoms with E-state index < -0.39 is 0 Å². The fourth-order valence-corrected chi connectivity index (χ4v) is 0.484. The molecule has 0 rings (SSSR count). The molecular formula is C9H14O. The van der Waals surface area contributed by atoms with Gasteiger partial charge in [0.15, 0.2) is 0 Å². The zero-order valence-electron chi connectivity index (χ0n) is 6.63. The van der Waals surface area contributed by atoms with E-state index in [0.29, 0.717) is 6.42 Å². The van der Waals surface area contributed by atoms with Crippen molar-refractivity contribution in [3.8, 4) is 0 Å². The number of hydrogen-bond acceptors (Lipinski definition) is 1. The third-order valence-electron chi connectivity index (χ3n) is 1.31. The van der Waals surface area contributed by atoms with Crippen molar-refractivity contribution in [1.82, 2.24) is 0 Å². The summed E-state index contributed by atoms with van der Waals surface area (Å²) >= 11 is 0. The predicted molar refractivity (Wildman–Crippen MR) is 43.9 cm³/mol. The van der Waals surface area contributed by atoms with Crippen LogP contribution >= 0.6 is 0 Å². The van der Waals surface area contributed by atoms with Gasteiger partial charge in [0.05, 0.1) is 0 Å². The Balaban J connectivity index is 3.58. The molecule has 56 valence electrons. The van der Waals surface area contributed by atoms with Crippen LogP contribution in [0.1, 0.15) is 26.7 Å². The summed E-state index contributed by atoms with van der Waals surface area (Å²) in [6.45, 7) is 4.19. The Morgan fingerprint density at radius 3 is 2.70 bits per heavy atom. The Morgan fingerprint density at radius 1 is 1.50 bits per heavy atom. The first-order valence-corrected chi connectivity index (χ1v) is 3.57. The molecule has 0 amide bonds. The first kappa shape index (κ1) is 9.15. The van der Waals surface area contributed by atoms with Crippen LogP contribution in [0.5, 0.6) is 0 Å². The minimum absolute atomic E-state index is 0.521. The van der Waals surface area contributed by atoms with E-state index in [1.54, 1.807) is 0 Å². The van der Waals surface area contributed by atoms with E-state index in [4.69, 9.17) is 0 Å². The molecule has 0 aliphatic rings. The van der Waals surface area contributed by atoms with Crippen LogP contribution in [0.15, 0.2) is 23.8 Å². The molecule has 0 aliphatic carbocycles. The second kappa shape index (κ2) is 6.27. The van der Waals surface area contributed by atoms with E-state index in [9.17, 15) is 4.79 Å². The Kier molecular flexibility index (Phi) is 5.74. The highest BCUT2D eigenvalue weighted by atomic mass is 16.1. The molecule has 0 N–H and O–H groups in total. The second-order valence-corrected chi connectivity index (χ2v) is 2.20. The van der Waals surface area contributed by atoms with Crippen LogP contribution in [0.25, 0.3) is 0 Å². The molecule has 0 atom stereocenters. The van der Waals surface area contributed by atoms with E-state index in [1.807, 2.05) is 18.2 Å². The molecule has 0 fully saturated rings. The molecule has 0 heterocycles. The van der Waals surface area contributed by atoms with Crippen LogP contribution in [-0.4, -0.2) is 6.29 Å². The highest BCUT2D eigenvalue weighted by Gasteiger charge is 1.77. The summed E-state index contributed by atoms with van der Waals surface area (Å²) in [7, 11) is 0. The number of carbonyl (C=O) groups is 1. The summed E-state index contributed by atoms with van der Waals surface area (Å²) in [6, 6.07) is 0. The quantitative estimate of drug-likeness (QED) is 0.431. The van der Waals surface area contributed by atoms with E-state index in [2.05, 4.69) is 13.8 Å². The lowest BCUT2D eigenvalue weighted by molar-refractivity contribution is -0.107. The van der Waals surface area contributed by atoms with Crippen molar-refractivity contribution in [1.29, 1.82) is 0 Å². The maximum Gasteiger partial charge on any atom is 0.123 e. The number of aldehydes is 1. The molecule has 0 aromatic heterocycles. The van der Waals surface area contributed by atoms with Gasteiger partial charge in [-0.25, -0.2) is 0 Å². The lowest BCUT2D eigenvalue weighted by Crippen LogP contribution is -1.68. The van der Waals surface area contributed by atoms with Crippen LogP contribution in [0.3, 0.4) is 0 Å². The largest absolute Gasteiger partial charge is 0.303 e. The molecule has 0 unspecified atom stereocenters. The summed E-state index contributed by atoms with van der Waals surface area (Å²) in [5, 5.41) is 0. The molecule has 0 aromatic carbocycles. The fourth-order valence-electron chi connectivity index (χ4n) is 0.484. The first-order chi connectivity index (χ1) is 4.81. The van der Waals surface area contributed by atoms with Gasteiger partial charge in [0, 0.05) is 6.42 Å². The average Bonchev–Trinajstić information content (AvgIpc) is 1.98. The second-order valence-electron chi connectivity index (χ2n) is 2.20. The molecule has 0 radical (unpaired) electrons. The highest BCUT2D eigenvalue weighted by Crippen LogP contribution is 1.97. The molecule has 0 saturated heterocycles. The SMILES string of the molecule is CC/C(C)=C\C=C\CC=O. The van der Waals surface area contributed by atoms with Crippen molar-refractivity contribution >= 4 is 6.29 Å². The number of carbonyl (C=O) groups excluding carboxylic acids is 1. The van der Waals surface area contributed by atoms with Crippen molar-refractivity contribution in [3.05, 3.63) is 23.8 Å². The van der Waals surface area contributed by atoms with Crippen molar-refractivity contribution in [2.24, 2.45) is 0 Å². The average molecular weight is 138 g/mol. The molecule has 10 heavy (non-hydrogen) atoms. The molecule has 0 bridgehead atoms. The molecule has 0 saturated carbocycles. The maximum absolute atomic E-state index is 9.85. The van der Waals surface area contributed by atoms with E-state index in [1.165, 1.54) is 5.57 Å². The van der Waals surface area contributed by atoms with Gasteiger partial charge >= 0.3 is 0 Å². The minimum Gasteiger partial charge on any atom is -0.303 e. The lowest BCUT2D eigenvalue weighted by atomic mass is 10.2. The first-order valence-electron chi connectivity index (χ1n) is 3.57. The maximum atomic E-state index is 9.85. The molecule has 0 aliphatic heterocycles. The Labute approximate surface area is 62.4 Å². The number of rotatable bonds is 4. The molecular weight excluding hydrogens is 124 g/mol. The Hall–Kier alpha value is -0.850. The van der Waals surface area contributed by atoms with Crippen LogP contribution in [-0.2, 0) is 4.79 Å².